The van der Waals surface area contributed by atoms with Crippen molar-refractivity contribution in [1.82, 2.24) is 4.90 Å². The minimum absolute atomic E-state index is 0.219. The van der Waals surface area contributed by atoms with Crippen molar-refractivity contribution in [3.05, 3.63) is 65.0 Å². The van der Waals surface area contributed by atoms with Crippen molar-refractivity contribution in [3.8, 4) is 5.75 Å². The molecule has 0 saturated carbocycles. The lowest BCUT2D eigenvalue weighted by Crippen LogP contribution is -2.30. The molecule has 2 aromatic rings. The van der Waals surface area contributed by atoms with Gasteiger partial charge in [-0.05, 0) is 55.3 Å². The van der Waals surface area contributed by atoms with Crippen molar-refractivity contribution in [2.45, 2.75) is 13.8 Å². The van der Waals surface area contributed by atoms with E-state index in [9.17, 15) is 9.18 Å². The maximum absolute atomic E-state index is 13.1. The van der Waals surface area contributed by atoms with E-state index in [4.69, 9.17) is 4.74 Å². The molecule has 2 rings (SSSR count). The van der Waals surface area contributed by atoms with Gasteiger partial charge in [-0.3, -0.25) is 4.79 Å². The molecule has 0 aliphatic rings. The van der Waals surface area contributed by atoms with Crippen molar-refractivity contribution in [1.29, 1.82) is 0 Å². The van der Waals surface area contributed by atoms with E-state index >= 15 is 0 Å². The highest BCUT2D eigenvalue weighted by molar-refractivity contribution is 5.94. The summed E-state index contributed by atoms with van der Waals surface area (Å²) < 4.78 is 18.8. The zero-order valence-corrected chi connectivity index (χ0v) is 13.1. The first-order valence-corrected chi connectivity index (χ1v) is 7.18. The molecule has 0 heterocycles. The molecular formula is C18H20FNO2. The standard InChI is InChI=1S/C18H20FNO2/c1-13-9-14(2)11-17(10-13)22-8-7-20(3)18(21)15-5-4-6-16(19)12-15/h4-6,9-12H,7-8H2,1-3H3. The van der Waals surface area contributed by atoms with Crippen LogP contribution in [0, 0.1) is 19.7 Å². The molecule has 0 bridgehead atoms. The molecule has 0 spiro atoms. The van der Waals surface area contributed by atoms with Gasteiger partial charge in [0.1, 0.15) is 18.2 Å². The van der Waals surface area contributed by atoms with Crippen LogP contribution in [-0.2, 0) is 0 Å². The summed E-state index contributed by atoms with van der Waals surface area (Å²) in [5.41, 5.74) is 2.62. The Morgan fingerprint density at radius 3 is 2.45 bits per heavy atom. The average molecular weight is 301 g/mol. The van der Waals surface area contributed by atoms with Crippen LogP contribution in [0.15, 0.2) is 42.5 Å². The maximum Gasteiger partial charge on any atom is 0.253 e. The quantitative estimate of drug-likeness (QED) is 0.844. The number of halogens is 1. The van der Waals surface area contributed by atoms with Crippen molar-refractivity contribution in [3.63, 3.8) is 0 Å². The fraction of sp³-hybridized carbons (Fsp3) is 0.278. The number of hydrogen-bond donors (Lipinski definition) is 0. The number of hydrogen-bond acceptors (Lipinski definition) is 2. The van der Waals surface area contributed by atoms with Crippen molar-refractivity contribution in [2.24, 2.45) is 0 Å². The number of amides is 1. The topological polar surface area (TPSA) is 29.5 Å². The fourth-order valence-corrected chi connectivity index (χ4v) is 2.26. The second-order valence-electron chi connectivity index (χ2n) is 5.41. The Morgan fingerprint density at radius 1 is 1.14 bits per heavy atom. The van der Waals surface area contributed by atoms with E-state index < -0.39 is 5.82 Å². The first-order valence-electron chi connectivity index (χ1n) is 7.18. The van der Waals surface area contributed by atoms with E-state index in [0.29, 0.717) is 18.7 Å². The monoisotopic (exact) mass is 301 g/mol. The zero-order valence-electron chi connectivity index (χ0n) is 13.1. The van der Waals surface area contributed by atoms with Gasteiger partial charge >= 0.3 is 0 Å². The minimum atomic E-state index is -0.411. The SMILES string of the molecule is Cc1cc(C)cc(OCCN(C)C(=O)c2cccc(F)c2)c1. The molecule has 0 atom stereocenters. The molecule has 0 saturated heterocycles. The van der Waals surface area contributed by atoms with Crippen molar-refractivity contribution >= 4 is 5.91 Å². The molecule has 0 aromatic heterocycles. The van der Waals surface area contributed by atoms with Gasteiger partial charge in [-0.2, -0.15) is 0 Å². The molecule has 3 nitrogen and oxygen atoms in total. The first kappa shape index (κ1) is 16.0. The Balaban J connectivity index is 1.89. The number of carbonyl (C=O) groups excluding carboxylic acids is 1. The lowest BCUT2D eigenvalue weighted by Gasteiger charge is -2.18. The highest BCUT2D eigenvalue weighted by Gasteiger charge is 2.12. The Morgan fingerprint density at radius 2 is 1.82 bits per heavy atom. The summed E-state index contributed by atoms with van der Waals surface area (Å²) >= 11 is 0. The maximum atomic E-state index is 13.1. The summed E-state index contributed by atoms with van der Waals surface area (Å²) in [6, 6.07) is 11.7. The predicted octanol–water partition coefficient (Wildman–Crippen LogP) is 3.59. The summed E-state index contributed by atoms with van der Waals surface area (Å²) in [4.78, 5) is 13.7. The number of aryl methyl sites for hydroxylation is 2. The Labute approximate surface area is 130 Å². The van der Waals surface area contributed by atoms with Gasteiger partial charge in [0.25, 0.3) is 5.91 Å². The fourth-order valence-electron chi connectivity index (χ4n) is 2.26. The van der Waals surface area contributed by atoms with E-state index in [0.717, 1.165) is 16.9 Å². The molecule has 0 unspecified atom stereocenters. The zero-order chi connectivity index (χ0) is 16.1. The number of ether oxygens (including phenoxy) is 1. The summed E-state index contributed by atoms with van der Waals surface area (Å²) in [5, 5.41) is 0. The number of rotatable bonds is 5. The van der Waals surface area contributed by atoms with Gasteiger partial charge in [0.15, 0.2) is 0 Å². The summed E-state index contributed by atoms with van der Waals surface area (Å²) in [6.45, 7) is 4.85. The van der Waals surface area contributed by atoms with Crippen LogP contribution in [0.2, 0.25) is 0 Å². The van der Waals surface area contributed by atoms with E-state index in [2.05, 4.69) is 6.07 Å². The number of nitrogens with zero attached hydrogens (tertiary/aromatic N) is 1. The first-order chi connectivity index (χ1) is 10.5. The highest BCUT2D eigenvalue weighted by atomic mass is 19.1. The van der Waals surface area contributed by atoms with Crippen LogP contribution in [-0.4, -0.2) is 31.0 Å². The minimum Gasteiger partial charge on any atom is -0.492 e. The molecule has 116 valence electrons. The van der Waals surface area contributed by atoms with Crippen LogP contribution in [0.5, 0.6) is 5.75 Å². The lowest BCUT2D eigenvalue weighted by molar-refractivity contribution is 0.0773. The molecule has 0 aliphatic carbocycles. The third-order valence-corrected chi connectivity index (χ3v) is 3.31. The van der Waals surface area contributed by atoms with Gasteiger partial charge in [-0.25, -0.2) is 4.39 Å². The van der Waals surface area contributed by atoms with Crippen LogP contribution in [0.3, 0.4) is 0 Å². The lowest BCUT2D eigenvalue weighted by atomic mass is 10.1. The van der Waals surface area contributed by atoms with Crippen LogP contribution >= 0.6 is 0 Å². The largest absolute Gasteiger partial charge is 0.492 e. The molecular weight excluding hydrogens is 281 g/mol. The van der Waals surface area contributed by atoms with Crippen LogP contribution in [0.1, 0.15) is 21.5 Å². The van der Waals surface area contributed by atoms with E-state index in [1.54, 1.807) is 13.1 Å². The second-order valence-corrected chi connectivity index (χ2v) is 5.41. The van der Waals surface area contributed by atoms with E-state index in [-0.39, 0.29) is 5.91 Å². The van der Waals surface area contributed by atoms with Gasteiger partial charge in [0.05, 0.1) is 6.54 Å². The van der Waals surface area contributed by atoms with Gasteiger partial charge in [0, 0.05) is 12.6 Å². The Bertz CT molecular complexity index is 650. The van der Waals surface area contributed by atoms with Gasteiger partial charge in [0.2, 0.25) is 0 Å². The molecule has 0 N–H and O–H groups in total. The second kappa shape index (κ2) is 7.07. The number of benzene rings is 2. The van der Waals surface area contributed by atoms with Gasteiger partial charge in [-0.1, -0.05) is 12.1 Å². The molecule has 0 aliphatic heterocycles. The van der Waals surface area contributed by atoms with Gasteiger partial charge in [-0.15, -0.1) is 0 Å². The number of likely N-dealkylation sites (N-methyl/N-ethyl adjacent to an activating group) is 1. The molecule has 1 amide bonds. The van der Waals surface area contributed by atoms with E-state index in [1.807, 2.05) is 26.0 Å². The molecule has 0 fully saturated rings. The molecule has 22 heavy (non-hydrogen) atoms. The smallest absolute Gasteiger partial charge is 0.253 e. The molecule has 0 radical (unpaired) electrons. The molecule has 4 heteroatoms. The normalized spacial score (nSPS) is 10.4. The number of carbonyl (C=O) groups is 1. The summed E-state index contributed by atoms with van der Waals surface area (Å²) in [7, 11) is 1.68. The highest BCUT2D eigenvalue weighted by Crippen LogP contribution is 2.16. The Kier molecular flexibility index (Phi) is 5.15. The predicted molar refractivity (Wildman–Crippen MR) is 84.8 cm³/mol. The van der Waals surface area contributed by atoms with Gasteiger partial charge < -0.3 is 9.64 Å². The van der Waals surface area contributed by atoms with Crippen LogP contribution in [0.25, 0.3) is 0 Å². The van der Waals surface area contributed by atoms with Crippen molar-refractivity contribution in [2.75, 3.05) is 20.2 Å². The summed E-state index contributed by atoms with van der Waals surface area (Å²) in [5.74, 6) is 0.165. The third-order valence-electron chi connectivity index (χ3n) is 3.31. The van der Waals surface area contributed by atoms with Crippen LogP contribution in [0.4, 0.5) is 4.39 Å². The summed E-state index contributed by atoms with van der Waals surface area (Å²) in [6.07, 6.45) is 0. The van der Waals surface area contributed by atoms with Crippen LogP contribution < -0.4 is 4.74 Å². The van der Waals surface area contributed by atoms with Crippen molar-refractivity contribution < 1.29 is 13.9 Å². The van der Waals surface area contributed by atoms with E-state index in [1.165, 1.54) is 23.1 Å². The molecule has 2 aromatic carbocycles. The third kappa shape index (κ3) is 4.32. The Hall–Kier alpha value is -2.36. The average Bonchev–Trinajstić information content (AvgIpc) is 2.45.